The molecule has 1 aliphatic rings. The van der Waals surface area contributed by atoms with Crippen LogP contribution in [0.25, 0.3) is 0 Å². The molecule has 3 nitrogen and oxygen atoms in total. The van der Waals surface area contributed by atoms with Crippen LogP contribution in [0.1, 0.15) is 32.6 Å². The molecular formula is C12H17BrF3NO2. The first-order valence-corrected chi connectivity index (χ1v) is 7.28. The van der Waals surface area contributed by atoms with Crippen molar-refractivity contribution in [2.75, 3.05) is 11.9 Å². The maximum atomic E-state index is 12.2. The molecule has 7 heteroatoms. The van der Waals surface area contributed by atoms with Gasteiger partial charge in [-0.1, -0.05) is 22.9 Å². The van der Waals surface area contributed by atoms with E-state index >= 15 is 0 Å². The summed E-state index contributed by atoms with van der Waals surface area (Å²) in [6.07, 6.45) is -2.27. The third kappa shape index (κ3) is 4.19. The maximum Gasteiger partial charge on any atom is 0.471 e. The minimum Gasteiger partial charge on any atom is -0.347 e. The van der Waals surface area contributed by atoms with Crippen LogP contribution in [0.5, 0.6) is 0 Å². The molecule has 0 aromatic rings. The molecule has 19 heavy (non-hydrogen) atoms. The molecule has 1 fully saturated rings. The summed E-state index contributed by atoms with van der Waals surface area (Å²) in [7, 11) is 0. The first-order valence-electron chi connectivity index (χ1n) is 6.15. The van der Waals surface area contributed by atoms with Gasteiger partial charge in [0.15, 0.2) is 5.78 Å². The van der Waals surface area contributed by atoms with E-state index in [0.29, 0.717) is 18.8 Å². The minimum absolute atomic E-state index is 0.100. The quantitative estimate of drug-likeness (QED) is 0.798. The Morgan fingerprint density at radius 1 is 1.32 bits per heavy atom. The molecule has 0 aromatic carbocycles. The van der Waals surface area contributed by atoms with E-state index in [0.717, 1.165) is 12.8 Å². The second-order valence-electron chi connectivity index (χ2n) is 5.20. The number of hydrogen-bond acceptors (Lipinski definition) is 2. The second kappa shape index (κ2) is 6.24. The van der Waals surface area contributed by atoms with E-state index < -0.39 is 17.5 Å². The van der Waals surface area contributed by atoms with E-state index in [1.54, 1.807) is 0 Å². The fourth-order valence-electron chi connectivity index (χ4n) is 2.36. The van der Waals surface area contributed by atoms with Crippen LogP contribution < -0.4 is 5.32 Å². The number of nitrogens with one attached hydrogen (secondary N) is 1. The Balaban J connectivity index is 2.72. The summed E-state index contributed by atoms with van der Waals surface area (Å²) in [6.45, 7) is 1.82. The van der Waals surface area contributed by atoms with E-state index in [4.69, 9.17) is 0 Å². The van der Waals surface area contributed by atoms with Crippen molar-refractivity contribution in [2.24, 2.45) is 11.3 Å². The average Bonchev–Trinajstić information content (AvgIpc) is 2.36. The number of halogens is 4. The topological polar surface area (TPSA) is 46.2 Å². The zero-order valence-electron chi connectivity index (χ0n) is 10.6. The molecule has 1 amide bonds. The van der Waals surface area contributed by atoms with Crippen molar-refractivity contribution in [2.45, 2.75) is 38.8 Å². The fraction of sp³-hybridized carbons (Fsp3) is 0.833. The molecule has 0 aromatic heterocycles. The van der Waals surface area contributed by atoms with Crippen LogP contribution >= 0.6 is 15.9 Å². The number of ketones is 1. The molecule has 0 atom stereocenters. The van der Waals surface area contributed by atoms with E-state index in [1.807, 2.05) is 5.32 Å². The third-order valence-electron chi connectivity index (χ3n) is 3.79. The summed E-state index contributed by atoms with van der Waals surface area (Å²) < 4.78 is 36.5. The van der Waals surface area contributed by atoms with Gasteiger partial charge in [-0.3, -0.25) is 9.59 Å². The lowest BCUT2D eigenvalue weighted by molar-refractivity contribution is -0.174. The molecule has 0 radical (unpaired) electrons. The third-order valence-corrected chi connectivity index (χ3v) is 4.30. The van der Waals surface area contributed by atoms with Crippen LogP contribution in [0, 0.1) is 11.3 Å². The standard InChI is InChI=1S/C12H17BrF3NO2/c1-8-2-4-11(5-3-8,9(18)6-13)7-17-10(19)12(14,15)16/h8H,2-7H2,1H3,(H,17,19). The molecule has 110 valence electrons. The highest BCUT2D eigenvalue weighted by Crippen LogP contribution is 2.39. The molecule has 0 spiro atoms. The number of alkyl halides is 4. The van der Waals surface area contributed by atoms with Crippen molar-refractivity contribution in [1.29, 1.82) is 0 Å². The first kappa shape index (κ1) is 16.5. The van der Waals surface area contributed by atoms with Crippen LogP contribution in [0.15, 0.2) is 0 Å². The van der Waals surface area contributed by atoms with Gasteiger partial charge in [0.25, 0.3) is 0 Å². The lowest BCUT2D eigenvalue weighted by atomic mass is 9.68. The average molecular weight is 344 g/mol. The Hall–Kier alpha value is -0.590. The van der Waals surface area contributed by atoms with Crippen molar-refractivity contribution >= 4 is 27.6 Å². The van der Waals surface area contributed by atoms with Gasteiger partial charge < -0.3 is 5.32 Å². The molecule has 0 saturated heterocycles. The molecule has 1 saturated carbocycles. The van der Waals surface area contributed by atoms with Gasteiger partial charge in [0, 0.05) is 12.0 Å². The summed E-state index contributed by atoms with van der Waals surface area (Å²) in [5.41, 5.74) is -0.850. The Morgan fingerprint density at radius 3 is 2.26 bits per heavy atom. The normalized spacial score (nSPS) is 27.9. The summed E-state index contributed by atoms with van der Waals surface area (Å²) >= 11 is 3.06. The van der Waals surface area contributed by atoms with Gasteiger partial charge in [-0.05, 0) is 31.6 Å². The van der Waals surface area contributed by atoms with Crippen molar-refractivity contribution in [3.63, 3.8) is 0 Å². The van der Waals surface area contributed by atoms with Crippen molar-refractivity contribution in [3.8, 4) is 0 Å². The van der Waals surface area contributed by atoms with Gasteiger partial charge in [0.1, 0.15) is 0 Å². The molecule has 0 aliphatic heterocycles. The molecular weight excluding hydrogens is 327 g/mol. The second-order valence-corrected chi connectivity index (χ2v) is 5.76. The van der Waals surface area contributed by atoms with Crippen molar-refractivity contribution in [3.05, 3.63) is 0 Å². The number of carbonyl (C=O) groups excluding carboxylic acids is 2. The van der Waals surface area contributed by atoms with Gasteiger partial charge in [0.2, 0.25) is 0 Å². The maximum absolute atomic E-state index is 12.2. The highest BCUT2D eigenvalue weighted by molar-refractivity contribution is 9.09. The van der Waals surface area contributed by atoms with Crippen LogP contribution in [0.3, 0.4) is 0 Å². The van der Waals surface area contributed by atoms with Gasteiger partial charge >= 0.3 is 12.1 Å². The predicted octanol–water partition coefficient (Wildman–Crippen LogP) is 2.83. The summed E-state index contributed by atoms with van der Waals surface area (Å²) in [5, 5.41) is 1.96. The first-order chi connectivity index (χ1) is 8.71. The van der Waals surface area contributed by atoms with Crippen LogP contribution in [-0.2, 0) is 9.59 Å². The van der Waals surface area contributed by atoms with E-state index in [2.05, 4.69) is 22.9 Å². The lowest BCUT2D eigenvalue weighted by Crippen LogP contribution is -2.48. The zero-order valence-corrected chi connectivity index (χ0v) is 12.2. The SMILES string of the molecule is CC1CCC(CNC(=O)C(F)(F)F)(C(=O)CBr)CC1. The van der Waals surface area contributed by atoms with Crippen LogP contribution in [0.4, 0.5) is 13.2 Å². The highest BCUT2D eigenvalue weighted by atomic mass is 79.9. The molecule has 1 rings (SSSR count). The van der Waals surface area contributed by atoms with Crippen molar-refractivity contribution < 1.29 is 22.8 Å². The van der Waals surface area contributed by atoms with Crippen molar-refractivity contribution in [1.82, 2.24) is 5.32 Å². The van der Waals surface area contributed by atoms with E-state index in [1.165, 1.54) is 0 Å². The Bertz CT molecular complexity index is 349. The Morgan fingerprint density at radius 2 is 1.84 bits per heavy atom. The van der Waals surface area contributed by atoms with Gasteiger partial charge in [-0.15, -0.1) is 0 Å². The Labute approximate surface area is 118 Å². The largest absolute Gasteiger partial charge is 0.471 e. The minimum atomic E-state index is -4.90. The van der Waals surface area contributed by atoms with Gasteiger partial charge in [0.05, 0.1) is 5.33 Å². The predicted molar refractivity (Wildman–Crippen MR) is 67.9 cm³/mol. The molecule has 0 bridgehead atoms. The van der Waals surface area contributed by atoms with E-state index in [-0.39, 0.29) is 17.7 Å². The molecule has 0 heterocycles. The van der Waals surface area contributed by atoms with E-state index in [9.17, 15) is 22.8 Å². The van der Waals surface area contributed by atoms with Gasteiger partial charge in [-0.2, -0.15) is 13.2 Å². The smallest absolute Gasteiger partial charge is 0.347 e. The summed E-state index contributed by atoms with van der Waals surface area (Å²) in [4.78, 5) is 22.8. The number of carbonyl (C=O) groups is 2. The summed E-state index contributed by atoms with van der Waals surface area (Å²) in [5.74, 6) is -1.65. The monoisotopic (exact) mass is 343 g/mol. The summed E-state index contributed by atoms with van der Waals surface area (Å²) in [6, 6.07) is 0. The van der Waals surface area contributed by atoms with Gasteiger partial charge in [-0.25, -0.2) is 0 Å². The molecule has 1 aliphatic carbocycles. The van der Waals surface area contributed by atoms with Crippen LogP contribution in [-0.4, -0.2) is 29.7 Å². The molecule has 1 N–H and O–H groups in total. The number of hydrogen-bond donors (Lipinski definition) is 1. The molecule has 0 unspecified atom stereocenters. The fourth-order valence-corrected chi connectivity index (χ4v) is 2.96. The number of rotatable bonds is 4. The number of Topliss-reactive ketones (excluding diaryl/α,β-unsaturated/α-hetero) is 1. The highest BCUT2D eigenvalue weighted by Gasteiger charge is 2.44. The zero-order chi connectivity index (χ0) is 14.7. The van der Waals surface area contributed by atoms with Crippen LogP contribution in [0.2, 0.25) is 0 Å². The Kier molecular flexibility index (Phi) is 5.41. The number of amides is 1. The lowest BCUT2D eigenvalue weighted by Gasteiger charge is -2.38.